The van der Waals surface area contributed by atoms with Gasteiger partial charge in [0.2, 0.25) is 0 Å². The van der Waals surface area contributed by atoms with Crippen molar-refractivity contribution in [2.24, 2.45) is 0 Å². The second-order valence-corrected chi connectivity index (χ2v) is 8.64. The molecule has 8 heteroatoms. The molecule has 2 heterocycles. The van der Waals surface area contributed by atoms with Gasteiger partial charge < -0.3 is 14.0 Å². The molecule has 24 heavy (non-hydrogen) atoms. The van der Waals surface area contributed by atoms with Crippen LogP contribution >= 0.6 is 15.9 Å². The summed E-state index contributed by atoms with van der Waals surface area (Å²) < 4.78 is 17.9. The maximum atomic E-state index is 11.9. The summed E-state index contributed by atoms with van der Waals surface area (Å²) in [7, 11) is -0.534. The van der Waals surface area contributed by atoms with Crippen LogP contribution in [0.25, 0.3) is 0 Å². The van der Waals surface area contributed by atoms with Crippen molar-refractivity contribution in [1.82, 2.24) is 4.98 Å². The molecular weight excluding hydrogens is 375 g/mol. The van der Waals surface area contributed by atoms with Crippen molar-refractivity contribution < 1.29 is 18.8 Å². The SMILES string of the molecule is CC(C)(C)OC(=O)Nc1cc(B2OC(C)(C)C(C)(C)O2)cc(Br)n1. The van der Waals surface area contributed by atoms with E-state index in [-0.39, 0.29) is 0 Å². The molecular formula is C16H24BBrN2O4. The van der Waals surface area contributed by atoms with Gasteiger partial charge in [-0.1, -0.05) is 0 Å². The first-order chi connectivity index (χ1) is 10.8. The molecule has 1 aliphatic rings. The fourth-order valence-corrected chi connectivity index (χ4v) is 2.56. The van der Waals surface area contributed by atoms with Crippen LogP contribution in [0.15, 0.2) is 16.7 Å². The van der Waals surface area contributed by atoms with Crippen molar-refractivity contribution in [2.45, 2.75) is 65.3 Å². The highest BCUT2D eigenvalue weighted by molar-refractivity contribution is 9.10. The Morgan fingerprint density at radius 1 is 1.21 bits per heavy atom. The summed E-state index contributed by atoms with van der Waals surface area (Å²) >= 11 is 3.35. The van der Waals surface area contributed by atoms with Crippen LogP contribution in [0.4, 0.5) is 10.6 Å². The van der Waals surface area contributed by atoms with Crippen molar-refractivity contribution >= 4 is 40.4 Å². The molecule has 0 radical (unpaired) electrons. The number of rotatable bonds is 2. The van der Waals surface area contributed by atoms with Crippen molar-refractivity contribution in [3.05, 3.63) is 16.7 Å². The Labute approximate surface area is 151 Å². The molecule has 1 amide bonds. The van der Waals surface area contributed by atoms with E-state index >= 15 is 0 Å². The summed E-state index contributed by atoms with van der Waals surface area (Å²) in [6.45, 7) is 13.4. The average molecular weight is 399 g/mol. The van der Waals surface area contributed by atoms with Crippen LogP contribution < -0.4 is 10.8 Å². The molecule has 1 N–H and O–H groups in total. The van der Waals surface area contributed by atoms with Gasteiger partial charge in [-0.05, 0) is 82.0 Å². The number of hydrogen-bond donors (Lipinski definition) is 1. The summed E-state index contributed by atoms with van der Waals surface area (Å²) in [6.07, 6.45) is -0.562. The van der Waals surface area contributed by atoms with Crippen LogP contribution in [0, 0.1) is 0 Å². The summed E-state index contributed by atoms with van der Waals surface area (Å²) in [6, 6.07) is 3.53. The Kier molecular flexibility index (Phi) is 5.05. The number of amides is 1. The number of halogens is 1. The van der Waals surface area contributed by atoms with E-state index in [0.717, 1.165) is 5.46 Å². The van der Waals surface area contributed by atoms with Gasteiger partial charge in [-0.15, -0.1) is 0 Å². The van der Waals surface area contributed by atoms with Gasteiger partial charge in [-0.25, -0.2) is 9.78 Å². The number of hydrogen-bond acceptors (Lipinski definition) is 5. The Morgan fingerprint density at radius 3 is 2.25 bits per heavy atom. The van der Waals surface area contributed by atoms with Crippen molar-refractivity contribution in [2.75, 3.05) is 5.32 Å². The molecule has 0 atom stereocenters. The van der Waals surface area contributed by atoms with Gasteiger partial charge >= 0.3 is 13.2 Å². The maximum Gasteiger partial charge on any atom is 0.495 e. The highest BCUT2D eigenvalue weighted by atomic mass is 79.9. The highest BCUT2D eigenvalue weighted by Gasteiger charge is 2.51. The molecule has 0 unspecified atom stereocenters. The normalized spacial score (nSPS) is 19.2. The summed E-state index contributed by atoms with van der Waals surface area (Å²) in [4.78, 5) is 16.2. The van der Waals surface area contributed by atoms with Gasteiger partial charge in [-0.3, -0.25) is 5.32 Å². The van der Waals surface area contributed by atoms with Crippen LogP contribution in [0.2, 0.25) is 0 Å². The number of pyridine rings is 1. The summed E-state index contributed by atoms with van der Waals surface area (Å²) in [5.74, 6) is 0.364. The lowest BCUT2D eigenvalue weighted by Crippen LogP contribution is -2.41. The Hall–Kier alpha value is -1.12. The molecule has 0 saturated carbocycles. The zero-order chi connectivity index (χ0) is 18.3. The minimum absolute atomic E-state index is 0.364. The van der Waals surface area contributed by atoms with Gasteiger partial charge in [0.05, 0.1) is 11.2 Å². The molecule has 6 nitrogen and oxygen atoms in total. The first-order valence-electron chi connectivity index (χ1n) is 7.82. The third kappa shape index (κ3) is 4.49. The van der Waals surface area contributed by atoms with E-state index in [0.29, 0.717) is 10.4 Å². The van der Waals surface area contributed by atoms with Gasteiger partial charge in [0.1, 0.15) is 16.0 Å². The standard InChI is InChI=1S/C16H24BBrN2O4/c1-14(2,3)22-13(21)20-12-9-10(8-11(18)19-12)17-23-15(4,5)16(6,7)24-17/h8-9H,1-7H3,(H,19,20,21). The van der Waals surface area contributed by atoms with Gasteiger partial charge in [-0.2, -0.15) is 0 Å². The van der Waals surface area contributed by atoms with Gasteiger partial charge in [0, 0.05) is 0 Å². The minimum Gasteiger partial charge on any atom is -0.444 e. The molecule has 2 rings (SSSR count). The molecule has 0 bridgehead atoms. The van der Waals surface area contributed by atoms with E-state index in [1.807, 2.05) is 33.8 Å². The maximum absolute atomic E-state index is 11.9. The monoisotopic (exact) mass is 398 g/mol. The third-order valence-corrected chi connectivity index (χ3v) is 4.38. The molecule has 0 aromatic carbocycles. The first kappa shape index (κ1) is 19.2. The second kappa shape index (κ2) is 6.31. The lowest BCUT2D eigenvalue weighted by Gasteiger charge is -2.32. The summed E-state index contributed by atoms with van der Waals surface area (Å²) in [5.41, 5.74) is -0.690. The largest absolute Gasteiger partial charge is 0.495 e. The lowest BCUT2D eigenvalue weighted by molar-refractivity contribution is 0.00578. The van der Waals surface area contributed by atoms with Crippen LogP contribution in [0.3, 0.4) is 0 Å². The topological polar surface area (TPSA) is 69.7 Å². The Bertz CT molecular complexity index is 627. The van der Waals surface area contributed by atoms with E-state index in [9.17, 15) is 4.79 Å². The average Bonchev–Trinajstić information content (AvgIpc) is 2.55. The number of aromatic nitrogens is 1. The van der Waals surface area contributed by atoms with E-state index in [1.165, 1.54) is 0 Å². The first-order valence-corrected chi connectivity index (χ1v) is 8.61. The molecule has 0 spiro atoms. The third-order valence-electron chi connectivity index (χ3n) is 3.97. The number of ether oxygens (including phenoxy) is 1. The number of carbonyl (C=O) groups excluding carboxylic acids is 1. The fraction of sp³-hybridized carbons (Fsp3) is 0.625. The fourth-order valence-electron chi connectivity index (χ4n) is 2.10. The molecule has 1 fully saturated rings. The second-order valence-electron chi connectivity index (χ2n) is 7.82. The van der Waals surface area contributed by atoms with Crippen LogP contribution in [-0.4, -0.2) is 35.0 Å². The quantitative estimate of drug-likeness (QED) is 0.609. The van der Waals surface area contributed by atoms with E-state index < -0.39 is 30.0 Å². The highest BCUT2D eigenvalue weighted by Crippen LogP contribution is 2.36. The van der Waals surface area contributed by atoms with Crippen LogP contribution in [0.1, 0.15) is 48.5 Å². The van der Waals surface area contributed by atoms with Crippen LogP contribution in [-0.2, 0) is 14.0 Å². The Balaban J connectivity index is 2.20. The summed E-state index contributed by atoms with van der Waals surface area (Å²) in [5, 5.41) is 2.63. The smallest absolute Gasteiger partial charge is 0.444 e. The molecule has 1 aliphatic heterocycles. The number of nitrogens with one attached hydrogen (secondary N) is 1. The molecule has 1 aromatic heterocycles. The van der Waals surface area contributed by atoms with E-state index in [2.05, 4.69) is 26.2 Å². The Morgan fingerprint density at radius 2 is 1.75 bits per heavy atom. The predicted molar refractivity (Wildman–Crippen MR) is 97.5 cm³/mol. The molecule has 1 aromatic rings. The number of anilines is 1. The molecule has 1 saturated heterocycles. The van der Waals surface area contributed by atoms with Crippen molar-refractivity contribution in [1.29, 1.82) is 0 Å². The molecule has 0 aliphatic carbocycles. The van der Waals surface area contributed by atoms with Crippen LogP contribution in [0.5, 0.6) is 0 Å². The number of nitrogens with zero attached hydrogens (tertiary/aromatic N) is 1. The predicted octanol–water partition coefficient (Wildman–Crippen LogP) is 3.49. The minimum atomic E-state index is -0.579. The molecule has 132 valence electrons. The number of carbonyl (C=O) groups is 1. The van der Waals surface area contributed by atoms with E-state index in [4.69, 9.17) is 14.0 Å². The van der Waals surface area contributed by atoms with Gasteiger partial charge in [0.25, 0.3) is 0 Å². The van der Waals surface area contributed by atoms with Gasteiger partial charge in [0.15, 0.2) is 0 Å². The van der Waals surface area contributed by atoms with Crippen molar-refractivity contribution in [3.63, 3.8) is 0 Å². The zero-order valence-electron chi connectivity index (χ0n) is 15.2. The van der Waals surface area contributed by atoms with E-state index in [1.54, 1.807) is 26.8 Å². The lowest BCUT2D eigenvalue weighted by atomic mass is 9.80. The zero-order valence-corrected chi connectivity index (χ0v) is 16.8. The van der Waals surface area contributed by atoms with Crippen molar-refractivity contribution in [3.8, 4) is 0 Å².